The summed E-state index contributed by atoms with van der Waals surface area (Å²) in [6.07, 6.45) is -13.0. The molecule has 0 bridgehead atoms. The standard InChI is InChI=1S/C28H30F8N6O3.2C2H6/c1-11-9-39-22-16-21(41-25(42-22)44-10-26(5-6-26)24(43)28(34,35)36)19(30)20(40-23(16)45-12(2)4-7-38-11)14-8-15(37)18(29)13(3)17(14)27(31,32)33;2*1-2/h8,11-12,24,38,43H,4-7,9-10,37H2,1-3H3,(H,39,41,42);2*1-2H3. The Hall–Kier alpha value is -3.73. The summed E-state index contributed by atoms with van der Waals surface area (Å²) in [7, 11) is 0. The van der Waals surface area contributed by atoms with Crippen molar-refractivity contribution in [2.45, 2.75) is 98.3 Å². The Kier molecular flexibility index (Phi) is 12.5. The Morgan fingerprint density at radius 3 is 2.24 bits per heavy atom. The highest BCUT2D eigenvalue weighted by atomic mass is 19.4. The SMILES string of the molecule is CC.CC.Cc1c(F)c(N)cc(-c2nc3c4c(nc(OCC5(C(O)C(F)(F)F)CC5)nc4c2F)NCC(C)NCCC(C)O3)c1C(F)(F)F. The zero-order valence-electron chi connectivity index (χ0n) is 28.3. The van der Waals surface area contributed by atoms with Gasteiger partial charge >= 0.3 is 18.4 Å². The number of alkyl halides is 6. The van der Waals surface area contributed by atoms with Crippen LogP contribution in [0, 0.1) is 24.0 Å². The molecule has 5 N–H and O–H groups in total. The van der Waals surface area contributed by atoms with Gasteiger partial charge in [-0.2, -0.15) is 36.3 Å². The zero-order chi connectivity index (χ0) is 37.1. The van der Waals surface area contributed by atoms with E-state index in [9.17, 15) is 35.8 Å². The average molecular weight is 711 g/mol. The first-order valence-corrected chi connectivity index (χ1v) is 16.0. The van der Waals surface area contributed by atoms with Crippen LogP contribution in [-0.2, 0) is 6.18 Å². The summed E-state index contributed by atoms with van der Waals surface area (Å²) < 4.78 is 125. The Morgan fingerprint density at radius 1 is 1.04 bits per heavy atom. The number of nitrogens with zero attached hydrogens (tertiary/aromatic N) is 3. The molecule has 1 aliphatic carbocycles. The van der Waals surface area contributed by atoms with Gasteiger partial charge in [-0.1, -0.05) is 27.7 Å². The molecule has 274 valence electrons. The van der Waals surface area contributed by atoms with Crippen molar-refractivity contribution in [2.24, 2.45) is 5.41 Å². The minimum absolute atomic E-state index is 0.0145. The predicted molar refractivity (Wildman–Crippen MR) is 169 cm³/mol. The van der Waals surface area contributed by atoms with Crippen molar-refractivity contribution in [1.29, 1.82) is 0 Å². The number of nitrogens with two attached hydrogens (primary N) is 1. The van der Waals surface area contributed by atoms with Crippen LogP contribution in [-0.4, -0.2) is 64.2 Å². The van der Waals surface area contributed by atoms with Gasteiger partial charge in [0.1, 0.15) is 28.2 Å². The summed E-state index contributed by atoms with van der Waals surface area (Å²) in [5.41, 5.74) is -1.51. The minimum atomic E-state index is -5.16. The van der Waals surface area contributed by atoms with Gasteiger partial charge in [-0.25, -0.2) is 13.8 Å². The lowest BCUT2D eigenvalue weighted by molar-refractivity contribution is -0.227. The van der Waals surface area contributed by atoms with E-state index in [1.54, 1.807) is 6.92 Å². The third-order valence-corrected chi connectivity index (χ3v) is 8.00. The number of nitrogens with one attached hydrogen (secondary N) is 2. The van der Waals surface area contributed by atoms with Gasteiger partial charge in [0.15, 0.2) is 11.9 Å². The van der Waals surface area contributed by atoms with Crippen LogP contribution in [0.1, 0.15) is 71.9 Å². The first kappa shape index (κ1) is 39.7. The summed E-state index contributed by atoms with van der Waals surface area (Å²) in [5, 5.41) is 15.9. The highest BCUT2D eigenvalue weighted by Gasteiger charge is 2.60. The number of nitrogen functional groups attached to an aromatic ring is 1. The highest BCUT2D eigenvalue weighted by molar-refractivity contribution is 5.96. The van der Waals surface area contributed by atoms with Gasteiger partial charge < -0.3 is 30.9 Å². The van der Waals surface area contributed by atoms with Crippen molar-refractivity contribution in [1.82, 2.24) is 20.3 Å². The van der Waals surface area contributed by atoms with Gasteiger partial charge in [-0.15, -0.1) is 0 Å². The van der Waals surface area contributed by atoms with Gasteiger partial charge in [0.25, 0.3) is 0 Å². The number of benzene rings is 1. The Morgan fingerprint density at radius 2 is 1.67 bits per heavy atom. The molecule has 1 aromatic carbocycles. The van der Waals surface area contributed by atoms with Gasteiger partial charge in [-0.3, -0.25) is 0 Å². The maximum atomic E-state index is 16.4. The van der Waals surface area contributed by atoms with Crippen molar-refractivity contribution in [3.8, 4) is 23.1 Å². The van der Waals surface area contributed by atoms with E-state index in [4.69, 9.17) is 15.2 Å². The molecule has 5 rings (SSSR count). The molecule has 2 aromatic heterocycles. The molecule has 0 amide bonds. The smallest absolute Gasteiger partial charge is 0.417 e. The van der Waals surface area contributed by atoms with Crippen molar-refractivity contribution in [3.05, 3.63) is 28.8 Å². The van der Waals surface area contributed by atoms with E-state index in [1.165, 1.54) is 0 Å². The summed E-state index contributed by atoms with van der Waals surface area (Å²) in [6.45, 7) is 12.3. The second-order valence-electron chi connectivity index (χ2n) is 11.5. The number of anilines is 2. The molecule has 0 spiro atoms. The zero-order valence-corrected chi connectivity index (χ0v) is 28.3. The summed E-state index contributed by atoms with van der Waals surface area (Å²) in [5.74, 6) is -3.19. The van der Waals surface area contributed by atoms with E-state index in [2.05, 4.69) is 25.6 Å². The normalized spacial score (nSPS) is 19.5. The van der Waals surface area contributed by atoms with Crippen LogP contribution < -0.4 is 25.8 Å². The molecule has 49 heavy (non-hydrogen) atoms. The van der Waals surface area contributed by atoms with Crippen LogP contribution >= 0.6 is 0 Å². The molecular weight excluding hydrogens is 668 g/mol. The van der Waals surface area contributed by atoms with Crippen molar-refractivity contribution < 1.29 is 49.7 Å². The highest BCUT2D eigenvalue weighted by Crippen LogP contribution is 2.53. The van der Waals surface area contributed by atoms with Crippen molar-refractivity contribution in [3.63, 3.8) is 0 Å². The second-order valence-corrected chi connectivity index (χ2v) is 11.5. The number of aromatic nitrogens is 3. The Bertz CT molecular complexity index is 1620. The van der Waals surface area contributed by atoms with Crippen LogP contribution in [0.3, 0.4) is 0 Å². The maximum Gasteiger partial charge on any atom is 0.417 e. The third-order valence-electron chi connectivity index (χ3n) is 8.00. The number of hydrogen-bond acceptors (Lipinski definition) is 9. The van der Waals surface area contributed by atoms with E-state index in [-0.39, 0.29) is 42.5 Å². The molecule has 1 saturated carbocycles. The van der Waals surface area contributed by atoms with E-state index >= 15 is 4.39 Å². The molecule has 1 fully saturated rings. The van der Waals surface area contributed by atoms with Gasteiger partial charge in [0.2, 0.25) is 5.88 Å². The molecule has 3 heterocycles. The number of aliphatic hydroxyl groups is 1. The van der Waals surface area contributed by atoms with E-state index in [0.29, 0.717) is 19.0 Å². The fraction of sp³-hybridized carbons (Fsp3) is 0.594. The molecule has 2 aliphatic rings. The fourth-order valence-corrected chi connectivity index (χ4v) is 5.27. The van der Waals surface area contributed by atoms with Crippen molar-refractivity contribution in [2.75, 3.05) is 30.7 Å². The van der Waals surface area contributed by atoms with Gasteiger partial charge in [-0.05, 0) is 58.2 Å². The maximum absolute atomic E-state index is 16.4. The molecule has 0 radical (unpaired) electrons. The lowest BCUT2D eigenvalue weighted by Crippen LogP contribution is -2.40. The van der Waals surface area contributed by atoms with Crippen LogP contribution in [0.4, 0.5) is 46.6 Å². The van der Waals surface area contributed by atoms with Crippen LogP contribution in [0.2, 0.25) is 0 Å². The number of ether oxygens (including phenoxy) is 2. The molecule has 9 nitrogen and oxygen atoms in total. The number of pyridine rings is 1. The molecule has 3 unspecified atom stereocenters. The first-order chi connectivity index (χ1) is 22.9. The van der Waals surface area contributed by atoms with Crippen LogP contribution in [0.25, 0.3) is 22.2 Å². The summed E-state index contributed by atoms with van der Waals surface area (Å²) in [6, 6.07) is -0.161. The summed E-state index contributed by atoms with van der Waals surface area (Å²) in [4.78, 5) is 12.4. The number of rotatable bonds is 5. The number of hydrogen-bond donors (Lipinski definition) is 4. The van der Waals surface area contributed by atoms with E-state index < -0.39 is 87.8 Å². The van der Waals surface area contributed by atoms with E-state index in [1.807, 2.05) is 34.6 Å². The quantitative estimate of drug-likeness (QED) is 0.157. The van der Waals surface area contributed by atoms with Crippen LogP contribution in [0.15, 0.2) is 6.07 Å². The Labute approximate surface area is 279 Å². The van der Waals surface area contributed by atoms with Gasteiger partial charge in [0.05, 0.1) is 24.0 Å². The lowest BCUT2D eigenvalue weighted by atomic mass is 9.96. The molecule has 3 atom stereocenters. The molecule has 1 aliphatic heterocycles. The monoisotopic (exact) mass is 710 g/mol. The number of halogens is 8. The largest absolute Gasteiger partial charge is 0.474 e. The average Bonchev–Trinajstić information content (AvgIpc) is 3.83. The molecule has 3 aromatic rings. The third kappa shape index (κ3) is 8.53. The summed E-state index contributed by atoms with van der Waals surface area (Å²) >= 11 is 0. The number of aliphatic hydroxyl groups excluding tert-OH is 1. The van der Waals surface area contributed by atoms with E-state index in [0.717, 1.165) is 6.92 Å². The Balaban J connectivity index is 0.00000157. The first-order valence-electron chi connectivity index (χ1n) is 16.0. The molecular formula is C32H42F8N6O3. The van der Waals surface area contributed by atoms with Crippen molar-refractivity contribution >= 4 is 22.4 Å². The fourth-order valence-electron chi connectivity index (χ4n) is 5.27. The second kappa shape index (κ2) is 15.4. The molecule has 0 saturated heterocycles. The van der Waals surface area contributed by atoms with Crippen LogP contribution in [0.5, 0.6) is 11.9 Å². The molecule has 17 heteroatoms. The van der Waals surface area contributed by atoms with Gasteiger partial charge in [0, 0.05) is 23.6 Å². The topological polar surface area (TPSA) is 127 Å². The minimum Gasteiger partial charge on any atom is -0.474 e. The lowest BCUT2D eigenvalue weighted by Gasteiger charge is -2.24. The predicted octanol–water partition coefficient (Wildman–Crippen LogP) is 7.58.